The molecule has 0 spiro atoms. The highest BCUT2D eigenvalue weighted by molar-refractivity contribution is 5.70. The van der Waals surface area contributed by atoms with Gasteiger partial charge in [0.1, 0.15) is 0 Å². The number of hydrogen-bond acceptors (Lipinski definition) is 3. The molecular formula is C12H16N2O2. The zero-order valence-electron chi connectivity index (χ0n) is 9.43. The van der Waals surface area contributed by atoms with Gasteiger partial charge in [-0.1, -0.05) is 0 Å². The van der Waals surface area contributed by atoms with Crippen molar-refractivity contribution in [2.24, 2.45) is 17.8 Å². The van der Waals surface area contributed by atoms with Crippen molar-refractivity contribution in [1.29, 1.82) is 5.26 Å². The predicted molar refractivity (Wildman–Crippen MR) is 56.4 cm³/mol. The Morgan fingerprint density at radius 3 is 2.50 bits per heavy atom. The maximum Gasteiger partial charge on any atom is 0.410 e. The van der Waals surface area contributed by atoms with E-state index in [1.807, 2.05) is 11.8 Å². The van der Waals surface area contributed by atoms with Crippen molar-refractivity contribution in [3.63, 3.8) is 0 Å². The van der Waals surface area contributed by atoms with Crippen molar-refractivity contribution in [3.05, 3.63) is 0 Å². The molecule has 2 aliphatic heterocycles. The summed E-state index contributed by atoms with van der Waals surface area (Å²) in [6.45, 7) is 2.27. The van der Waals surface area contributed by atoms with E-state index in [0.717, 1.165) is 12.8 Å². The number of fused-ring (bicyclic) bond motifs is 5. The molecule has 2 bridgehead atoms. The van der Waals surface area contributed by atoms with Crippen LogP contribution in [0, 0.1) is 29.1 Å². The largest absolute Gasteiger partial charge is 0.450 e. The Morgan fingerprint density at radius 2 is 2.00 bits per heavy atom. The molecule has 3 rings (SSSR count). The molecule has 4 heteroatoms. The van der Waals surface area contributed by atoms with Gasteiger partial charge in [0, 0.05) is 12.1 Å². The average Bonchev–Trinajstić information content (AvgIpc) is 3.03. The summed E-state index contributed by atoms with van der Waals surface area (Å²) in [5, 5.41) is 9.00. The van der Waals surface area contributed by atoms with E-state index in [2.05, 4.69) is 6.07 Å². The Hall–Kier alpha value is -1.24. The van der Waals surface area contributed by atoms with E-state index in [1.165, 1.54) is 6.42 Å². The number of hydrogen-bond donors (Lipinski definition) is 0. The number of rotatable bonds is 1. The zero-order valence-corrected chi connectivity index (χ0v) is 9.43. The molecule has 0 radical (unpaired) electrons. The first-order valence-corrected chi connectivity index (χ1v) is 6.11. The molecule has 0 aromatic carbocycles. The number of piperidine rings is 2. The van der Waals surface area contributed by atoms with Crippen molar-refractivity contribution in [2.45, 2.75) is 38.3 Å². The molecule has 0 aromatic heterocycles. The summed E-state index contributed by atoms with van der Waals surface area (Å²) in [6, 6.07) is 2.93. The maximum absolute atomic E-state index is 11.8. The Kier molecular flexibility index (Phi) is 2.10. The Labute approximate surface area is 95.2 Å². The van der Waals surface area contributed by atoms with E-state index in [0.29, 0.717) is 18.4 Å². The first-order valence-electron chi connectivity index (χ1n) is 6.11. The van der Waals surface area contributed by atoms with Crippen LogP contribution in [0.5, 0.6) is 0 Å². The highest BCUT2D eigenvalue weighted by atomic mass is 16.6. The minimum atomic E-state index is -0.166. The monoisotopic (exact) mass is 220 g/mol. The second kappa shape index (κ2) is 3.38. The van der Waals surface area contributed by atoms with Crippen molar-refractivity contribution in [3.8, 4) is 6.07 Å². The molecule has 16 heavy (non-hydrogen) atoms. The highest BCUT2D eigenvalue weighted by Gasteiger charge is 2.63. The van der Waals surface area contributed by atoms with E-state index in [9.17, 15) is 4.79 Å². The van der Waals surface area contributed by atoms with Gasteiger partial charge in [-0.2, -0.15) is 5.26 Å². The third-order valence-corrected chi connectivity index (χ3v) is 4.31. The first-order chi connectivity index (χ1) is 7.76. The van der Waals surface area contributed by atoms with E-state index < -0.39 is 0 Å². The highest BCUT2D eigenvalue weighted by Crippen LogP contribution is 2.59. The lowest BCUT2D eigenvalue weighted by atomic mass is 9.89. The number of carbonyl (C=O) groups excluding carboxylic acids is 1. The number of amides is 1. The summed E-state index contributed by atoms with van der Waals surface area (Å²) in [5.41, 5.74) is 0. The summed E-state index contributed by atoms with van der Waals surface area (Å²) >= 11 is 0. The zero-order chi connectivity index (χ0) is 11.3. The van der Waals surface area contributed by atoms with E-state index in [-0.39, 0.29) is 24.1 Å². The van der Waals surface area contributed by atoms with Crippen molar-refractivity contribution in [1.82, 2.24) is 4.90 Å². The summed E-state index contributed by atoms with van der Waals surface area (Å²) in [6.07, 6.45) is 2.80. The molecule has 86 valence electrons. The molecule has 5 atom stereocenters. The topological polar surface area (TPSA) is 53.3 Å². The molecule has 3 fully saturated rings. The summed E-state index contributed by atoms with van der Waals surface area (Å²) < 4.78 is 5.10. The van der Waals surface area contributed by atoms with E-state index in [4.69, 9.17) is 10.00 Å². The Balaban J connectivity index is 1.79. The Bertz CT molecular complexity index is 345. The van der Waals surface area contributed by atoms with Crippen LogP contribution in [-0.2, 0) is 4.74 Å². The van der Waals surface area contributed by atoms with Gasteiger partial charge in [-0.05, 0) is 38.0 Å². The fraction of sp³-hybridized carbons (Fsp3) is 0.833. The standard InChI is InChI=1S/C12H16N2O2/c1-2-16-12(15)14-10-3-7(6-13)4-11(14)9-5-8(9)10/h7-11H,2-5H2,1H3/t7?,8-,9+,10?,11?. The van der Waals surface area contributed by atoms with Gasteiger partial charge >= 0.3 is 6.09 Å². The van der Waals surface area contributed by atoms with Crippen LogP contribution < -0.4 is 0 Å². The van der Waals surface area contributed by atoms with E-state index >= 15 is 0 Å². The van der Waals surface area contributed by atoms with Crippen molar-refractivity contribution >= 4 is 6.09 Å². The van der Waals surface area contributed by atoms with Crippen LogP contribution >= 0.6 is 0 Å². The SMILES string of the molecule is CCOC(=O)N1C2CC(C#N)CC1[C@@H]1C[C@H]21. The molecule has 4 nitrogen and oxygen atoms in total. The molecule has 0 N–H and O–H groups in total. The molecule has 1 amide bonds. The molecular weight excluding hydrogens is 204 g/mol. The molecule has 2 saturated heterocycles. The van der Waals surface area contributed by atoms with Crippen LogP contribution in [0.25, 0.3) is 0 Å². The molecule has 0 aromatic rings. The normalized spacial score (nSPS) is 43.5. The second-order valence-electron chi connectivity index (χ2n) is 5.10. The minimum absolute atomic E-state index is 0.147. The third-order valence-electron chi connectivity index (χ3n) is 4.31. The van der Waals surface area contributed by atoms with Crippen molar-refractivity contribution in [2.75, 3.05) is 6.61 Å². The van der Waals surface area contributed by atoms with Crippen LogP contribution in [0.1, 0.15) is 26.2 Å². The second-order valence-corrected chi connectivity index (χ2v) is 5.10. The van der Waals surface area contributed by atoms with Crippen molar-refractivity contribution < 1.29 is 9.53 Å². The molecule has 1 aliphatic carbocycles. The minimum Gasteiger partial charge on any atom is -0.450 e. The summed E-state index contributed by atoms with van der Waals surface area (Å²) in [4.78, 5) is 13.8. The van der Waals surface area contributed by atoms with Gasteiger partial charge in [0.2, 0.25) is 0 Å². The van der Waals surface area contributed by atoms with Gasteiger partial charge in [-0.3, -0.25) is 0 Å². The molecule has 3 unspecified atom stereocenters. The average molecular weight is 220 g/mol. The molecule has 2 heterocycles. The fourth-order valence-electron chi connectivity index (χ4n) is 3.61. The number of nitrogens with zero attached hydrogens (tertiary/aromatic N) is 2. The third kappa shape index (κ3) is 1.24. The number of nitriles is 1. The van der Waals surface area contributed by atoms with Gasteiger partial charge in [-0.25, -0.2) is 4.79 Å². The van der Waals surface area contributed by atoms with Crippen LogP contribution in [0.2, 0.25) is 0 Å². The van der Waals surface area contributed by atoms with Crippen LogP contribution in [0.4, 0.5) is 4.79 Å². The van der Waals surface area contributed by atoms with Gasteiger partial charge in [0.15, 0.2) is 0 Å². The lowest BCUT2D eigenvalue weighted by Crippen LogP contribution is -2.49. The smallest absolute Gasteiger partial charge is 0.410 e. The maximum atomic E-state index is 11.8. The molecule has 1 saturated carbocycles. The van der Waals surface area contributed by atoms with Gasteiger partial charge in [0.25, 0.3) is 0 Å². The first kappa shape index (κ1) is 9.95. The lowest BCUT2D eigenvalue weighted by molar-refractivity contribution is 0.0531. The number of ether oxygens (including phenoxy) is 1. The van der Waals surface area contributed by atoms with Gasteiger partial charge in [0.05, 0.1) is 18.6 Å². The quantitative estimate of drug-likeness (QED) is 0.676. The van der Waals surface area contributed by atoms with Crippen LogP contribution in [0.15, 0.2) is 0 Å². The number of carbonyl (C=O) groups is 1. The van der Waals surface area contributed by atoms with Crippen LogP contribution in [0.3, 0.4) is 0 Å². The van der Waals surface area contributed by atoms with Crippen LogP contribution in [-0.4, -0.2) is 29.7 Å². The molecule has 3 aliphatic rings. The summed E-state index contributed by atoms with van der Waals surface area (Å²) in [7, 11) is 0. The van der Waals surface area contributed by atoms with E-state index in [1.54, 1.807) is 0 Å². The van der Waals surface area contributed by atoms with Gasteiger partial charge in [-0.15, -0.1) is 0 Å². The summed E-state index contributed by atoms with van der Waals surface area (Å²) in [5.74, 6) is 1.47. The Morgan fingerprint density at radius 1 is 1.38 bits per heavy atom. The predicted octanol–water partition coefficient (Wildman–Crippen LogP) is 1.77. The fourth-order valence-corrected chi connectivity index (χ4v) is 3.61. The van der Waals surface area contributed by atoms with Gasteiger partial charge < -0.3 is 9.64 Å². The lowest BCUT2D eigenvalue weighted by Gasteiger charge is -2.38.